The number of rotatable bonds is 8. The van der Waals surface area contributed by atoms with Crippen molar-refractivity contribution >= 4 is 5.97 Å². The fourth-order valence-electron chi connectivity index (χ4n) is 2.16. The topological polar surface area (TPSA) is 98.9 Å². The zero-order valence-corrected chi connectivity index (χ0v) is 12.9. The van der Waals surface area contributed by atoms with Gasteiger partial charge in [0.25, 0.3) is 5.09 Å². The number of esters is 1. The Balaban J connectivity index is 1.85. The Bertz CT molecular complexity index is 698. The number of carbonyl (C=O) groups excluding carboxylic acids is 1. The maximum Gasteiger partial charge on any atom is 0.315 e. The summed E-state index contributed by atoms with van der Waals surface area (Å²) in [4.78, 5) is 26.3. The van der Waals surface area contributed by atoms with Crippen molar-refractivity contribution in [1.82, 2.24) is 0 Å². The fraction of sp³-hybridized carbons (Fsp3) is 0.235. The van der Waals surface area contributed by atoms with Gasteiger partial charge in [-0.05, 0) is 48.2 Å². The first-order chi connectivity index (χ1) is 11.5. The average molecular weight is 331 g/mol. The van der Waals surface area contributed by atoms with Gasteiger partial charge in [0.05, 0.1) is 13.0 Å². The number of aromatic hydroxyl groups is 1. The van der Waals surface area contributed by atoms with E-state index in [1.54, 1.807) is 0 Å². The SMILES string of the molecule is O=C(Cc1cccc(CCCO[N+](=O)[O-])c1)Oc1ccc(O)cc1. The summed E-state index contributed by atoms with van der Waals surface area (Å²) < 4.78 is 5.19. The van der Waals surface area contributed by atoms with Crippen LogP contribution in [0.4, 0.5) is 0 Å². The molecule has 0 aliphatic heterocycles. The number of phenols is 1. The van der Waals surface area contributed by atoms with Gasteiger partial charge in [-0.1, -0.05) is 24.3 Å². The average Bonchev–Trinajstić information content (AvgIpc) is 2.54. The lowest BCUT2D eigenvalue weighted by Gasteiger charge is -2.06. The van der Waals surface area contributed by atoms with E-state index in [2.05, 4.69) is 4.84 Å². The smallest absolute Gasteiger partial charge is 0.315 e. The molecule has 0 aliphatic carbocycles. The lowest BCUT2D eigenvalue weighted by molar-refractivity contribution is -0.757. The molecule has 0 unspecified atom stereocenters. The van der Waals surface area contributed by atoms with Crippen LogP contribution in [0.25, 0.3) is 0 Å². The minimum atomic E-state index is -0.810. The van der Waals surface area contributed by atoms with Crippen LogP contribution in [-0.4, -0.2) is 22.8 Å². The van der Waals surface area contributed by atoms with E-state index < -0.39 is 11.1 Å². The van der Waals surface area contributed by atoms with E-state index in [1.165, 1.54) is 24.3 Å². The van der Waals surface area contributed by atoms with Crippen LogP contribution in [0.1, 0.15) is 17.5 Å². The van der Waals surface area contributed by atoms with E-state index in [0.717, 1.165) is 11.1 Å². The van der Waals surface area contributed by atoms with E-state index >= 15 is 0 Å². The van der Waals surface area contributed by atoms with Crippen LogP contribution in [0, 0.1) is 10.1 Å². The Morgan fingerprint density at radius 3 is 2.54 bits per heavy atom. The second-order valence-corrected chi connectivity index (χ2v) is 5.13. The quantitative estimate of drug-likeness (QED) is 0.262. The van der Waals surface area contributed by atoms with Gasteiger partial charge in [0.1, 0.15) is 11.5 Å². The molecule has 1 N–H and O–H groups in total. The summed E-state index contributed by atoms with van der Waals surface area (Å²) in [5.41, 5.74) is 1.77. The highest BCUT2D eigenvalue weighted by Crippen LogP contribution is 2.17. The van der Waals surface area contributed by atoms with E-state index in [0.29, 0.717) is 18.6 Å². The summed E-state index contributed by atoms with van der Waals surface area (Å²) in [5.74, 6) is 0.0592. The first kappa shape index (κ1) is 17.3. The minimum absolute atomic E-state index is 0.0418. The summed E-state index contributed by atoms with van der Waals surface area (Å²) in [5, 5.41) is 18.5. The Kier molecular flexibility index (Phi) is 6.13. The molecule has 0 saturated carbocycles. The van der Waals surface area contributed by atoms with Gasteiger partial charge in [0, 0.05) is 0 Å². The molecule has 2 aromatic carbocycles. The standard InChI is InChI=1S/C17H17NO6/c19-15-6-8-16(9-7-15)24-17(20)12-14-4-1-3-13(11-14)5-2-10-23-18(21)22/h1,3-4,6-9,11,19H,2,5,10,12H2. The van der Waals surface area contributed by atoms with Crippen molar-refractivity contribution in [2.45, 2.75) is 19.3 Å². The van der Waals surface area contributed by atoms with Crippen LogP contribution in [-0.2, 0) is 22.5 Å². The molecule has 2 rings (SSSR count). The molecule has 24 heavy (non-hydrogen) atoms. The van der Waals surface area contributed by atoms with Crippen LogP contribution in [0.15, 0.2) is 48.5 Å². The minimum Gasteiger partial charge on any atom is -0.508 e. The second-order valence-electron chi connectivity index (χ2n) is 5.13. The lowest BCUT2D eigenvalue weighted by Crippen LogP contribution is -2.11. The fourth-order valence-corrected chi connectivity index (χ4v) is 2.16. The number of benzene rings is 2. The van der Waals surface area contributed by atoms with Gasteiger partial charge in [-0.15, -0.1) is 10.1 Å². The molecule has 7 nitrogen and oxygen atoms in total. The number of aryl methyl sites for hydroxylation is 1. The highest BCUT2D eigenvalue weighted by molar-refractivity contribution is 5.75. The molecule has 0 bridgehead atoms. The summed E-state index contributed by atoms with van der Waals surface area (Å²) >= 11 is 0. The number of carbonyl (C=O) groups is 1. The van der Waals surface area contributed by atoms with Crippen LogP contribution < -0.4 is 4.74 Å². The van der Waals surface area contributed by atoms with Gasteiger partial charge in [0.2, 0.25) is 0 Å². The molecule has 0 saturated heterocycles. The van der Waals surface area contributed by atoms with Crippen molar-refractivity contribution < 1.29 is 24.6 Å². The van der Waals surface area contributed by atoms with Gasteiger partial charge in [-0.25, -0.2) is 0 Å². The summed E-state index contributed by atoms with van der Waals surface area (Å²) in [6.07, 6.45) is 1.25. The third-order valence-corrected chi connectivity index (χ3v) is 3.21. The van der Waals surface area contributed by atoms with Crippen LogP contribution in [0.2, 0.25) is 0 Å². The Labute approximate surface area is 138 Å². The Hall–Kier alpha value is -3.09. The predicted octanol–water partition coefficient (Wildman–Crippen LogP) is 2.68. The van der Waals surface area contributed by atoms with Crippen LogP contribution in [0.3, 0.4) is 0 Å². The summed E-state index contributed by atoms with van der Waals surface area (Å²) in [6.45, 7) is 0.0418. The number of hydrogen-bond donors (Lipinski definition) is 1. The number of phenolic OH excluding ortho intramolecular Hbond substituents is 1. The molecular formula is C17H17NO6. The second kappa shape index (κ2) is 8.52. The molecule has 126 valence electrons. The van der Waals surface area contributed by atoms with Gasteiger partial charge in [-0.2, -0.15) is 0 Å². The van der Waals surface area contributed by atoms with Crippen molar-refractivity contribution in [1.29, 1.82) is 0 Å². The van der Waals surface area contributed by atoms with E-state index in [9.17, 15) is 20.0 Å². The zero-order valence-electron chi connectivity index (χ0n) is 12.9. The lowest BCUT2D eigenvalue weighted by atomic mass is 10.0. The molecule has 0 heterocycles. The monoisotopic (exact) mass is 331 g/mol. The van der Waals surface area contributed by atoms with Crippen molar-refractivity contribution in [3.63, 3.8) is 0 Å². The van der Waals surface area contributed by atoms with Crippen LogP contribution >= 0.6 is 0 Å². The molecule has 0 amide bonds. The third kappa shape index (κ3) is 5.96. The number of hydrogen-bond acceptors (Lipinski definition) is 6. The molecule has 0 aromatic heterocycles. The maximum absolute atomic E-state index is 11.9. The molecule has 0 atom stereocenters. The Morgan fingerprint density at radius 2 is 1.83 bits per heavy atom. The van der Waals surface area contributed by atoms with E-state index in [-0.39, 0.29) is 18.8 Å². The van der Waals surface area contributed by atoms with Gasteiger partial charge in [-0.3, -0.25) is 4.79 Å². The van der Waals surface area contributed by atoms with Crippen molar-refractivity contribution in [3.05, 3.63) is 69.8 Å². The van der Waals surface area contributed by atoms with E-state index in [4.69, 9.17) is 4.74 Å². The first-order valence-corrected chi connectivity index (χ1v) is 7.38. The largest absolute Gasteiger partial charge is 0.508 e. The predicted molar refractivity (Wildman–Crippen MR) is 85.2 cm³/mol. The normalized spacial score (nSPS) is 10.2. The molecule has 0 aliphatic rings. The Morgan fingerprint density at radius 1 is 1.12 bits per heavy atom. The third-order valence-electron chi connectivity index (χ3n) is 3.21. The van der Waals surface area contributed by atoms with Crippen molar-refractivity contribution in [3.8, 4) is 11.5 Å². The molecule has 0 spiro atoms. The molecule has 2 aromatic rings. The highest BCUT2D eigenvalue weighted by atomic mass is 16.9. The summed E-state index contributed by atoms with van der Waals surface area (Å²) in [7, 11) is 0. The first-order valence-electron chi connectivity index (χ1n) is 7.38. The molecule has 7 heteroatoms. The van der Waals surface area contributed by atoms with Crippen LogP contribution in [0.5, 0.6) is 11.5 Å². The van der Waals surface area contributed by atoms with Gasteiger partial charge < -0.3 is 14.7 Å². The highest BCUT2D eigenvalue weighted by Gasteiger charge is 2.07. The van der Waals surface area contributed by atoms with Crippen molar-refractivity contribution in [2.75, 3.05) is 6.61 Å². The number of ether oxygens (including phenoxy) is 1. The molecule has 0 radical (unpaired) electrons. The van der Waals surface area contributed by atoms with Crippen molar-refractivity contribution in [2.24, 2.45) is 0 Å². The maximum atomic E-state index is 11.9. The zero-order chi connectivity index (χ0) is 17.4. The number of nitrogens with zero attached hydrogens (tertiary/aromatic N) is 1. The molecular weight excluding hydrogens is 314 g/mol. The summed E-state index contributed by atoms with van der Waals surface area (Å²) in [6, 6.07) is 13.3. The van der Waals surface area contributed by atoms with E-state index in [1.807, 2.05) is 24.3 Å². The van der Waals surface area contributed by atoms with Gasteiger partial charge >= 0.3 is 5.97 Å². The molecule has 0 fully saturated rings. The van der Waals surface area contributed by atoms with Gasteiger partial charge in [0.15, 0.2) is 0 Å².